The van der Waals surface area contributed by atoms with Gasteiger partial charge in [0, 0.05) is 12.7 Å². The first kappa shape index (κ1) is 11.7. The van der Waals surface area contributed by atoms with Gasteiger partial charge in [0.1, 0.15) is 0 Å². The van der Waals surface area contributed by atoms with E-state index in [-0.39, 0.29) is 0 Å². The standard InChI is InChI=1S/C11H16O4S/c1-16(13,14)10-3-2-5-11(10,12)7-9-4-6-15-8-9/h4,6,8,10,12H,2-3,5,7H2,1H3. The Morgan fingerprint density at radius 1 is 1.62 bits per heavy atom. The molecule has 2 atom stereocenters. The lowest BCUT2D eigenvalue weighted by atomic mass is 9.94. The molecule has 2 rings (SSSR count). The molecule has 1 aromatic rings. The highest BCUT2D eigenvalue weighted by Gasteiger charge is 2.46. The Morgan fingerprint density at radius 2 is 2.38 bits per heavy atom. The first-order valence-corrected chi connectivity index (χ1v) is 7.30. The van der Waals surface area contributed by atoms with E-state index in [0.717, 1.165) is 12.0 Å². The third kappa shape index (κ3) is 2.15. The van der Waals surface area contributed by atoms with Crippen LogP contribution in [0.5, 0.6) is 0 Å². The van der Waals surface area contributed by atoms with Crippen molar-refractivity contribution >= 4 is 9.84 Å². The fraction of sp³-hybridized carbons (Fsp3) is 0.636. The minimum Gasteiger partial charge on any atom is -0.472 e. The normalized spacial score (nSPS) is 30.8. The molecule has 1 heterocycles. The van der Waals surface area contributed by atoms with Gasteiger partial charge in [0.05, 0.1) is 23.4 Å². The van der Waals surface area contributed by atoms with Crippen LogP contribution in [0.1, 0.15) is 24.8 Å². The summed E-state index contributed by atoms with van der Waals surface area (Å²) in [5, 5.41) is 9.79. The van der Waals surface area contributed by atoms with Gasteiger partial charge in [-0.3, -0.25) is 0 Å². The van der Waals surface area contributed by atoms with E-state index < -0.39 is 20.7 Å². The van der Waals surface area contributed by atoms with Gasteiger partial charge in [-0.2, -0.15) is 0 Å². The molecule has 1 aromatic heterocycles. The third-order valence-electron chi connectivity index (χ3n) is 3.28. The van der Waals surface area contributed by atoms with Crippen LogP contribution in [-0.2, 0) is 16.3 Å². The minimum atomic E-state index is -3.19. The van der Waals surface area contributed by atoms with Crippen molar-refractivity contribution in [1.82, 2.24) is 0 Å². The lowest BCUT2D eigenvalue weighted by Crippen LogP contribution is -2.43. The molecule has 0 spiro atoms. The van der Waals surface area contributed by atoms with E-state index in [0.29, 0.717) is 19.3 Å². The second-order valence-corrected chi connectivity index (χ2v) is 6.85. The summed E-state index contributed by atoms with van der Waals surface area (Å²) >= 11 is 0. The highest BCUT2D eigenvalue weighted by Crippen LogP contribution is 2.37. The molecule has 90 valence electrons. The summed E-state index contributed by atoms with van der Waals surface area (Å²) in [6.45, 7) is 0. The third-order valence-corrected chi connectivity index (χ3v) is 4.99. The molecule has 1 aliphatic rings. The van der Waals surface area contributed by atoms with Gasteiger partial charge in [-0.1, -0.05) is 0 Å². The predicted molar refractivity (Wildman–Crippen MR) is 59.8 cm³/mol. The van der Waals surface area contributed by atoms with E-state index in [1.54, 1.807) is 12.3 Å². The van der Waals surface area contributed by atoms with Gasteiger partial charge in [-0.15, -0.1) is 0 Å². The average molecular weight is 244 g/mol. The number of sulfone groups is 1. The van der Waals surface area contributed by atoms with Crippen LogP contribution in [0.25, 0.3) is 0 Å². The van der Waals surface area contributed by atoms with E-state index in [4.69, 9.17) is 4.42 Å². The smallest absolute Gasteiger partial charge is 0.153 e. The van der Waals surface area contributed by atoms with Gasteiger partial charge in [0.15, 0.2) is 9.84 Å². The number of aliphatic hydroxyl groups is 1. The van der Waals surface area contributed by atoms with E-state index in [1.165, 1.54) is 12.5 Å². The zero-order valence-electron chi connectivity index (χ0n) is 9.22. The Hall–Kier alpha value is -0.810. The van der Waals surface area contributed by atoms with Crippen molar-refractivity contribution < 1.29 is 17.9 Å². The molecule has 0 aromatic carbocycles. The van der Waals surface area contributed by atoms with Crippen LogP contribution in [0.15, 0.2) is 23.0 Å². The zero-order valence-corrected chi connectivity index (χ0v) is 10.0. The van der Waals surface area contributed by atoms with Gasteiger partial charge < -0.3 is 9.52 Å². The Bertz CT molecular complexity index is 448. The molecular weight excluding hydrogens is 228 g/mol. The maximum atomic E-state index is 11.6. The molecule has 1 N–H and O–H groups in total. The molecule has 1 saturated carbocycles. The minimum absolute atomic E-state index is 0.348. The van der Waals surface area contributed by atoms with Crippen LogP contribution < -0.4 is 0 Å². The van der Waals surface area contributed by atoms with Crippen LogP contribution in [0.3, 0.4) is 0 Å². The molecule has 0 bridgehead atoms. The lowest BCUT2D eigenvalue weighted by molar-refractivity contribution is 0.0511. The van der Waals surface area contributed by atoms with E-state index in [2.05, 4.69) is 0 Å². The van der Waals surface area contributed by atoms with Crippen LogP contribution in [-0.4, -0.2) is 30.6 Å². The summed E-state index contributed by atoms with van der Waals surface area (Å²) in [5.41, 5.74) is -0.282. The molecule has 0 saturated heterocycles. The quantitative estimate of drug-likeness (QED) is 0.866. The molecule has 2 unspecified atom stereocenters. The molecule has 5 heteroatoms. The van der Waals surface area contributed by atoms with Crippen LogP contribution in [0.2, 0.25) is 0 Å². The van der Waals surface area contributed by atoms with Crippen LogP contribution in [0.4, 0.5) is 0 Å². The maximum absolute atomic E-state index is 11.6. The van der Waals surface area contributed by atoms with Crippen LogP contribution >= 0.6 is 0 Å². The van der Waals surface area contributed by atoms with Gasteiger partial charge in [0.2, 0.25) is 0 Å². The van der Waals surface area contributed by atoms with Gasteiger partial charge in [-0.25, -0.2) is 8.42 Å². The second-order valence-electron chi connectivity index (χ2n) is 4.62. The van der Waals surface area contributed by atoms with Crippen molar-refractivity contribution in [3.8, 4) is 0 Å². The Morgan fingerprint density at radius 3 is 2.94 bits per heavy atom. The summed E-state index contributed by atoms with van der Waals surface area (Å²) in [6, 6.07) is 1.76. The highest BCUT2D eigenvalue weighted by molar-refractivity contribution is 7.91. The van der Waals surface area contributed by atoms with E-state index in [9.17, 15) is 13.5 Å². The predicted octanol–water partition coefficient (Wildman–Crippen LogP) is 1.15. The van der Waals surface area contributed by atoms with Crippen molar-refractivity contribution in [2.75, 3.05) is 6.26 Å². The van der Waals surface area contributed by atoms with Crippen molar-refractivity contribution in [2.24, 2.45) is 0 Å². The van der Waals surface area contributed by atoms with Gasteiger partial charge in [-0.05, 0) is 30.9 Å². The fourth-order valence-electron chi connectivity index (χ4n) is 2.58. The average Bonchev–Trinajstić information content (AvgIpc) is 2.73. The van der Waals surface area contributed by atoms with Crippen molar-refractivity contribution in [1.29, 1.82) is 0 Å². The molecular formula is C11H16O4S. The summed E-state index contributed by atoms with van der Waals surface area (Å²) in [5.74, 6) is 0. The monoisotopic (exact) mass is 244 g/mol. The Labute approximate surface area is 95.2 Å². The molecule has 1 fully saturated rings. The zero-order chi connectivity index (χ0) is 11.8. The Kier molecular flexibility index (Phi) is 2.84. The topological polar surface area (TPSA) is 67.5 Å². The van der Waals surface area contributed by atoms with E-state index in [1.807, 2.05) is 0 Å². The number of rotatable bonds is 3. The van der Waals surface area contributed by atoms with E-state index >= 15 is 0 Å². The molecule has 0 amide bonds. The van der Waals surface area contributed by atoms with Crippen molar-refractivity contribution in [3.63, 3.8) is 0 Å². The molecule has 1 aliphatic carbocycles. The van der Waals surface area contributed by atoms with Crippen molar-refractivity contribution in [2.45, 2.75) is 36.5 Å². The first-order chi connectivity index (χ1) is 7.42. The summed E-state index contributed by atoms with van der Waals surface area (Å²) < 4.78 is 28.1. The summed E-state index contributed by atoms with van der Waals surface area (Å²) in [4.78, 5) is 0. The van der Waals surface area contributed by atoms with Gasteiger partial charge in [0.25, 0.3) is 0 Å². The molecule has 4 nitrogen and oxygen atoms in total. The highest BCUT2D eigenvalue weighted by atomic mass is 32.2. The van der Waals surface area contributed by atoms with Crippen molar-refractivity contribution in [3.05, 3.63) is 24.2 Å². The lowest BCUT2D eigenvalue weighted by Gasteiger charge is -2.28. The first-order valence-electron chi connectivity index (χ1n) is 5.34. The largest absolute Gasteiger partial charge is 0.472 e. The second kappa shape index (κ2) is 3.89. The van der Waals surface area contributed by atoms with Gasteiger partial charge >= 0.3 is 0 Å². The SMILES string of the molecule is CS(=O)(=O)C1CCCC1(O)Cc1ccoc1. The number of furan rings is 1. The number of hydrogen-bond acceptors (Lipinski definition) is 4. The fourth-order valence-corrected chi connectivity index (χ4v) is 4.18. The summed E-state index contributed by atoms with van der Waals surface area (Å²) in [7, 11) is -3.19. The number of hydrogen-bond donors (Lipinski definition) is 1. The maximum Gasteiger partial charge on any atom is 0.153 e. The van der Waals surface area contributed by atoms with Crippen LogP contribution in [0, 0.1) is 0 Å². The molecule has 0 aliphatic heterocycles. The molecule has 0 radical (unpaired) electrons. The molecule has 16 heavy (non-hydrogen) atoms. The summed E-state index contributed by atoms with van der Waals surface area (Å²) in [6.07, 6.45) is 6.47. The Balaban J connectivity index is 2.23.